The van der Waals surface area contributed by atoms with E-state index in [9.17, 15) is 9.18 Å². The molecule has 1 aromatic carbocycles. The monoisotopic (exact) mass is 363 g/mol. The van der Waals surface area contributed by atoms with E-state index in [2.05, 4.69) is 15.1 Å². The molecule has 0 spiro atoms. The van der Waals surface area contributed by atoms with Gasteiger partial charge in [0.25, 0.3) is 11.3 Å². The standard InChI is InChI=1S/C20H18FN5O/c21-14-8-6-13(7-9-14)18-17-16(24-20-22-12-23-26(18)20)10-11-25(19(17)27)15-4-2-1-3-5-15/h6-12,15H,1-5H2. The fourth-order valence-electron chi connectivity index (χ4n) is 4.06. The molecule has 0 bridgehead atoms. The normalized spacial score (nSPS) is 15.6. The van der Waals surface area contributed by atoms with Crippen molar-refractivity contribution >= 4 is 16.7 Å². The summed E-state index contributed by atoms with van der Waals surface area (Å²) in [7, 11) is 0. The number of rotatable bonds is 2. The minimum absolute atomic E-state index is 0.0800. The Bertz CT molecular complexity index is 1190. The number of pyridine rings is 1. The third-order valence-electron chi connectivity index (χ3n) is 5.38. The summed E-state index contributed by atoms with van der Waals surface area (Å²) in [5.41, 5.74) is 1.80. The van der Waals surface area contributed by atoms with Gasteiger partial charge in [0.05, 0.1) is 16.6 Å². The van der Waals surface area contributed by atoms with Crippen LogP contribution in [-0.2, 0) is 0 Å². The smallest absolute Gasteiger partial charge is 0.262 e. The van der Waals surface area contributed by atoms with Gasteiger partial charge in [-0.15, -0.1) is 0 Å². The first-order valence-electron chi connectivity index (χ1n) is 9.23. The van der Waals surface area contributed by atoms with E-state index in [1.807, 2.05) is 16.8 Å². The lowest BCUT2D eigenvalue weighted by molar-refractivity contribution is 0.347. The van der Waals surface area contributed by atoms with E-state index in [0.717, 1.165) is 25.7 Å². The summed E-state index contributed by atoms with van der Waals surface area (Å²) in [6.45, 7) is 0. The van der Waals surface area contributed by atoms with E-state index in [1.165, 1.54) is 24.9 Å². The molecule has 27 heavy (non-hydrogen) atoms. The Hall–Kier alpha value is -3.09. The first-order valence-corrected chi connectivity index (χ1v) is 9.23. The molecule has 136 valence electrons. The molecule has 1 aliphatic rings. The van der Waals surface area contributed by atoms with Crippen LogP contribution in [0.3, 0.4) is 0 Å². The van der Waals surface area contributed by atoms with Crippen molar-refractivity contribution in [3.63, 3.8) is 0 Å². The van der Waals surface area contributed by atoms with Crippen LogP contribution in [0, 0.1) is 5.82 Å². The summed E-state index contributed by atoms with van der Waals surface area (Å²) >= 11 is 0. The minimum atomic E-state index is -0.327. The minimum Gasteiger partial charge on any atom is -0.312 e. The van der Waals surface area contributed by atoms with Crippen molar-refractivity contribution in [2.24, 2.45) is 0 Å². The maximum atomic E-state index is 13.4. The number of hydrogen-bond donors (Lipinski definition) is 0. The van der Waals surface area contributed by atoms with Gasteiger partial charge in [-0.05, 0) is 43.2 Å². The average Bonchev–Trinajstić information content (AvgIpc) is 3.16. The van der Waals surface area contributed by atoms with Crippen LogP contribution in [0.25, 0.3) is 27.9 Å². The molecule has 5 rings (SSSR count). The molecular formula is C20H18FN5O. The van der Waals surface area contributed by atoms with Crippen LogP contribution < -0.4 is 5.56 Å². The number of aromatic nitrogens is 5. The van der Waals surface area contributed by atoms with Gasteiger partial charge in [0.1, 0.15) is 12.1 Å². The third-order valence-corrected chi connectivity index (χ3v) is 5.38. The van der Waals surface area contributed by atoms with Crippen LogP contribution >= 0.6 is 0 Å². The number of benzene rings is 1. The highest BCUT2D eigenvalue weighted by atomic mass is 19.1. The Kier molecular flexibility index (Phi) is 3.74. The second kappa shape index (κ2) is 6.26. The molecule has 1 fully saturated rings. The van der Waals surface area contributed by atoms with Crippen molar-refractivity contribution in [1.82, 2.24) is 24.1 Å². The van der Waals surface area contributed by atoms with Crippen LogP contribution in [0.1, 0.15) is 38.1 Å². The maximum absolute atomic E-state index is 13.4. The molecule has 1 aliphatic carbocycles. The molecule has 0 radical (unpaired) electrons. The summed E-state index contributed by atoms with van der Waals surface area (Å²) < 4.78 is 16.8. The fraction of sp³-hybridized carbons (Fsp3) is 0.300. The van der Waals surface area contributed by atoms with Crippen molar-refractivity contribution in [1.29, 1.82) is 0 Å². The first-order chi connectivity index (χ1) is 13.2. The second-order valence-electron chi connectivity index (χ2n) is 7.02. The van der Waals surface area contributed by atoms with Gasteiger partial charge in [0.2, 0.25) is 0 Å². The Morgan fingerprint density at radius 1 is 1.04 bits per heavy atom. The van der Waals surface area contributed by atoms with Gasteiger partial charge in [-0.3, -0.25) is 4.79 Å². The highest BCUT2D eigenvalue weighted by molar-refractivity contribution is 5.93. The molecule has 0 saturated heterocycles. The SMILES string of the molecule is O=c1c2c(-c3ccc(F)cc3)n3ncnc3nc2ccn1C1CCCCC1. The van der Waals surface area contributed by atoms with E-state index in [1.54, 1.807) is 16.6 Å². The van der Waals surface area contributed by atoms with Crippen LogP contribution in [0.15, 0.2) is 47.7 Å². The van der Waals surface area contributed by atoms with E-state index >= 15 is 0 Å². The molecular weight excluding hydrogens is 345 g/mol. The zero-order chi connectivity index (χ0) is 18.4. The van der Waals surface area contributed by atoms with Crippen molar-refractivity contribution in [3.8, 4) is 11.3 Å². The Morgan fingerprint density at radius 3 is 2.59 bits per heavy atom. The molecule has 0 atom stereocenters. The Labute approximate surface area is 154 Å². The zero-order valence-corrected chi connectivity index (χ0v) is 14.7. The largest absolute Gasteiger partial charge is 0.312 e. The highest BCUT2D eigenvalue weighted by Crippen LogP contribution is 2.30. The fourth-order valence-corrected chi connectivity index (χ4v) is 4.06. The number of halogens is 1. The van der Waals surface area contributed by atoms with Crippen LogP contribution in [0.2, 0.25) is 0 Å². The summed E-state index contributed by atoms with van der Waals surface area (Å²) in [5, 5.41) is 4.75. The summed E-state index contributed by atoms with van der Waals surface area (Å²) in [5.74, 6) is 0.0863. The predicted octanol–water partition coefficient (Wildman–Crippen LogP) is 3.75. The van der Waals surface area contributed by atoms with Crippen LogP contribution in [-0.4, -0.2) is 24.1 Å². The predicted molar refractivity (Wildman–Crippen MR) is 100 cm³/mol. The van der Waals surface area contributed by atoms with E-state index < -0.39 is 0 Å². The van der Waals surface area contributed by atoms with Crippen LogP contribution in [0.4, 0.5) is 4.39 Å². The van der Waals surface area contributed by atoms with Crippen molar-refractivity contribution in [2.45, 2.75) is 38.1 Å². The van der Waals surface area contributed by atoms with Gasteiger partial charge >= 0.3 is 0 Å². The van der Waals surface area contributed by atoms with E-state index in [4.69, 9.17) is 0 Å². The summed E-state index contributed by atoms with van der Waals surface area (Å²) in [4.78, 5) is 22.1. The molecule has 3 heterocycles. The number of nitrogens with zero attached hydrogens (tertiary/aromatic N) is 5. The zero-order valence-electron chi connectivity index (χ0n) is 14.7. The Morgan fingerprint density at radius 2 is 1.81 bits per heavy atom. The first kappa shape index (κ1) is 16.1. The molecule has 1 saturated carbocycles. The molecule has 0 N–H and O–H groups in total. The summed E-state index contributed by atoms with van der Waals surface area (Å²) in [6.07, 6.45) is 8.77. The molecule has 0 aliphatic heterocycles. The molecule has 4 aromatic rings. The van der Waals surface area contributed by atoms with Crippen molar-refractivity contribution in [2.75, 3.05) is 0 Å². The van der Waals surface area contributed by atoms with Gasteiger partial charge in [-0.25, -0.2) is 9.37 Å². The molecule has 3 aromatic heterocycles. The quantitative estimate of drug-likeness (QED) is 0.544. The average molecular weight is 363 g/mol. The lowest BCUT2D eigenvalue weighted by atomic mass is 9.95. The van der Waals surface area contributed by atoms with Crippen LogP contribution in [0.5, 0.6) is 0 Å². The van der Waals surface area contributed by atoms with Crippen molar-refractivity contribution in [3.05, 3.63) is 59.0 Å². The topological polar surface area (TPSA) is 65.1 Å². The molecule has 0 unspecified atom stereocenters. The van der Waals surface area contributed by atoms with Gasteiger partial charge in [-0.1, -0.05) is 19.3 Å². The van der Waals surface area contributed by atoms with Crippen molar-refractivity contribution < 1.29 is 4.39 Å². The van der Waals surface area contributed by atoms with Gasteiger partial charge in [0.15, 0.2) is 0 Å². The molecule has 6 nitrogen and oxygen atoms in total. The second-order valence-corrected chi connectivity index (χ2v) is 7.02. The van der Waals surface area contributed by atoms with Gasteiger partial charge in [-0.2, -0.15) is 14.6 Å². The van der Waals surface area contributed by atoms with Gasteiger partial charge in [0, 0.05) is 17.8 Å². The van der Waals surface area contributed by atoms with E-state index in [-0.39, 0.29) is 17.4 Å². The molecule has 0 amide bonds. The third kappa shape index (κ3) is 2.61. The molecule has 7 heteroatoms. The summed E-state index contributed by atoms with van der Waals surface area (Å²) in [6, 6.07) is 8.15. The highest BCUT2D eigenvalue weighted by Gasteiger charge is 2.21. The number of hydrogen-bond acceptors (Lipinski definition) is 4. The maximum Gasteiger partial charge on any atom is 0.262 e. The van der Waals surface area contributed by atoms with E-state index in [0.29, 0.717) is 27.9 Å². The number of fused-ring (bicyclic) bond motifs is 2. The lowest BCUT2D eigenvalue weighted by Gasteiger charge is -2.24. The lowest BCUT2D eigenvalue weighted by Crippen LogP contribution is -2.27. The van der Waals surface area contributed by atoms with Gasteiger partial charge < -0.3 is 4.57 Å². The Balaban J connectivity index is 1.84.